The van der Waals surface area contributed by atoms with Crippen molar-refractivity contribution in [1.82, 2.24) is 14.6 Å². The summed E-state index contributed by atoms with van der Waals surface area (Å²) in [7, 11) is 0. The quantitative estimate of drug-likeness (QED) is 0.506. The van der Waals surface area contributed by atoms with Gasteiger partial charge in [-0.15, -0.1) is 0 Å². The van der Waals surface area contributed by atoms with Crippen LogP contribution in [0.3, 0.4) is 0 Å². The van der Waals surface area contributed by atoms with Gasteiger partial charge >= 0.3 is 0 Å². The lowest BCUT2D eigenvalue weighted by molar-refractivity contribution is 0.160. The molecular weight excluding hydrogens is 340 g/mol. The van der Waals surface area contributed by atoms with E-state index in [-0.39, 0.29) is 11.8 Å². The highest BCUT2D eigenvalue weighted by Crippen LogP contribution is 2.25. The molecule has 2 atom stereocenters. The van der Waals surface area contributed by atoms with E-state index in [1.54, 1.807) is 35.0 Å². The zero-order valence-electron chi connectivity index (χ0n) is 14.8. The number of aliphatic hydroxyl groups excluding tert-OH is 1. The number of rotatable bonds is 5. The number of aromatic hydroxyl groups is 1. The Morgan fingerprint density at radius 1 is 1.00 bits per heavy atom. The molecule has 0 aliphatic rings. The number of fused-ring (bicyclic) bond motifs is 1. The number of aliphatic hydroxyl groups is 1. The first-order chi connectivity index (χ1) is 13.1. The normalized spacial score (nSPS) is 13.4. The summed E-state index contributed by atoms with van der Waals surface area (Å²) in [6.07, 6.45) is 0.952. The fourth-order valence-electron chi connectivity index (χ4n) is 3.04. The van der Waals surface area contributed by atoms with Crippen LogP contribution in [0, 0.1) is 0 Å². The van der Waals surface area contributed by atoms with E-state index in [1.165, 1.54) is 0 Å². The number of nitrogens with one attached hydrogen (secondary N) is 1. The molecule has 0 fully saturated rings. The van der Waals surface area contributed by atoms with Crippen LogP contribution >= 0.6 is 0 Å². The van der Waals surface area contributed by atoms with Gasteiger partial charge in [-0.2, -0.15) is 9.61 Å². The molecule has 0 saturated heterocycles. The highest BCUT2D eigenvalue weighted by Gasteiger charge is 2.18. The standard InChI is InChI=1S/C21H20N4O2/c1-14(21(27)16-7-9-17(26)10-8-16)23-20-13-18(15-5-3-2-4-6-15)24-19-11-12-22-25(19)20/h2-14,21,23,26-27H,1H3/t14-,21-/m1/s1. The van der Waals surface area contributed by atoms with Gasteiger partial charge < -0.3 is 15.5 Å². The number of phenols is 1. The Morgan fingerprint density at radius 3 is 2.48 bits per heavy atom. The molecule has 27 heavy (non-hydrogen) atoms. The maximum Gasteiger partial charge on any atom is 0.157 e. The van der Waals surface area contributed by atoms with Crippen molar-refractivity contribution in [2.75, 3.05) is 5.32 Å². The molecule has 3 N–H and O–H groups in total. The molecule has 4 rings (SSSR count). The minimum absolute atomic E-state index is 0.173. The van der Waals surface area contributed by atoms with E-state index in [1.807, 2.05) is 49.4 Å². The van der Waals surface area contributed by atoms with Crippen molar-refractivity contribution in [3.05, 3.63) is 78.5 Å². The third-order valence-electron chi connectivity index (χ3n) is 4.51. The van der Waals surface area contributed by atoms with Crippen molar-refractivity contribution in [2.45, 2.75) is 19.1 Å². The Morgan fingerprint density at radius 2 is 1.74 bits per heavy atom. The molecule has 0 bridgehead atoms. The minimum Gasteiger partial charge on any atom is -0.508 e. The first-order valence-electron chi connectivity index (χ1n) is 8.75. The van der Waals surface area contributed by atoms with Crippen LogP contribution in [0.1, 0.15) is 18.6 Å². The Kier molecular flexibility index (Phi) is 4.48. The van der Waals surface area contributed by atoms with Gasteiger partial charge in [0.15, 0.2) is 5.65 Å². The predicted octanol–water partition coefficient (Wildman–Crippen LogP) is 3.64. The van der Waals surface area contributed by atoms with Gasteiger partial charge in [-0.05, 0) is 24.6 Å². The first kappa shape index (κ1) is 17.1. The Bertz CT molecular complexity index is 1040. The molecule has 0 aliphatic heterocycles. The summed E-state index contributed by atoms with van der Waals surface area (Å²) in [4.78, 5) is 4.66. The van der Waals surface area contributed by atoms with E-state index >= 15 is 0 Å². The highest BCUT2D eigenvalue weighted by molar-refractivity contribution is 5.66. The topological polar surface area (TPSA) is 82.7 Å². The number of benzene rings is 2. The second kappa shape index (κ2) is 7.09. The maximum atomic E-state index is 10.7. The molecule has 4 aromatic rings. The van der Waals surface area contributed by atoms with E-state index in [9.17, 15) is 10.2 Å². The van der Waals surface area contributed by atoms with Gasteiger partial charge in [-0.1, -0.05) is 42.5 Å². The third kappa shape index (κ3) is 3.47. The minimum atomic E-state index is -0.746. The van der Waals surface area contributed by atoms with Crippen LogP contribution < -0.4 is 5.32 Å². The van der Waals surface area contributed by atoms with E-state index in [4.69, 9.17) is 0 Å². The number of nitrogens with zero attached hydrogens (tertiary/aromatic N) is 3. The third-order valence-corrected chi connectivity index (χ3v) is 4.51. The fourth-order valence-corrected chi connectivity index (χ4v) is 3.04. The summed E-state index contributed by atoms with van der Waals surface area (Å²) in [6.45, 7) is 1.90. The van der Waals surface area contributed by atoms with Crippen molar-refractivity contribution in [3.63, 3.8) is 0 Å². The van der Waals surface area contributed by atoms with Crippen LogP contribution in [0.5, 0.6) is 5.75 Å². The largest absolute Gasteiger partial charge is 0.508 e. The predicted molar refractivity (Wildman–Crippen MR) is 105 cm³/mol. The van der Waals surface area contributed by atoms with E-state index < -0.39 is 6.10 Å². The lowest BCUT2D eigenvalue weighted by Crippen LogP contribution is -2.25. The van der Waals surface area contributed by atoms with Crippen molar-refractivity contribution >= 4 is 11.5 Å². The van der Waals surface area contributed by atoms with Crippen molar-refractivity contribution in [2.24, 2.45) is 0 Å². The van der Waals surface area contributed by atoms with Crippen LogP contribution in [0.25, 0.3) is 16.9 Å². The first-order valence-corrected chi connectivity index (χ1v) is 8.75. The van der Waals surface area contributed by atoms with Gasteiger partial charge in [0, 0.05) is 17.7 Å². The average Bonchev–Trinajstić information content (AvgIpc) is 3.17. The maximum absolute atomic E-state index is 10.7. The molecule has 2 heterocycles. The average molecular weight is 360 g/mol. The highest BCUT2D eigenvalue weighted by atomic mass is 16.3. The molecule has 0 saturated carbocycles. The molecule has 0 spiro atoms. The molecule has 6 heteroatoms. The van der Waals surface area contributed by atoms with E-state index in [0.29, 0.717) is 0 Å². The number of hydrogen-bond acceptors (Lipinski definition) is 5. The number of anilines is 1. The SMILES string of the molecule is C[C@@H](Nc1cc(-c2ccccc2)nc2ccnn12)[C@@H](O)c1ccc(O)cc1. The van der Waals surface area contributed by atoms with E-state index in [2.05, 4.69) is 15.4 Å². The zero-order chi connectivity index (χ0) is 18.8. The lowest BCUT2D eigenvalue weighted by atomic mass is 10.0. The van der Waals surface area contributed by atoms with Crippen LogP contribution in [-0.2, 0) is 0 Å². The van der Waals surface area contributed by atoms with Gasteiger partial charge in [0.05, 0.1) is 24.0 Å². The van der Waals surface area contributed by atoms with Crippen LogP contribution in [-0.4, -0.2) is 30.9 Å². The second-order valence-electron chi connectivity index (χ2n) is 6.46. The molecule has 136 valence electrons. The fraction of sp³-hybridized carbons (Fsp3) is 0.143. The van der Waals surface area contributed by atoms with Gasteiger partial charge in [-0.25, -0.2) is 4.98 Å². The van der Waals surface area contributed by atoms with Crippen molar-refractivity contribution in [3.8, 4) is 17.0 Å². The van der Waals surface area contributed by atoms with Crippen LogP contribution in [0.15, 0.2) is 72.9 Å². The van der Waals surface area contributed by atoms with Gasteiger partial charge in [-0.3, -0.25) is 0 Å². The lowest BCUT2D eigenvalue weighted by Gasteiger charge is -2.22. The smallest absolute Gasteiger partial charge is 0.157 e. The molecule has 0 unspecified atom stereocenters. The molecule has 0 amide bonds. The molecular formula is C21H20N4O2. The molecule has 2 aromatic heterocycles. The van der Waals surface area contributed by atoms with Crippen molar-refractivity contribution < 1.29 is 10.2 Å². The molecule has 6 nitrogen and oxygen atoms in total. The Balaban J connectivity index is 1.66. The summed E-state index contributed by atoms with van der Waals surface area (Å²) in [5.74, 6) is 0.917. The summed E-state index contributed by atoms with van der Waals surface area (Å²) in [5.41, 5.74) is 3.29. The van der Waals surface area contributed by atoms with Crippen LogP contribution in [0.4, 0.5) is 5.82 Å². The summed E-state index contributed by atoms with van der Waals surface area (Å²) in [6, 6.07) is 20.0. The van der Waals surface area contributed by atoms with Gasteiger partial charge in [0.1, 0.15) is 11.6 Å². The molecule has 2 aromatic carbocycles. The number of hydrogen-bond donors (Lipinski definition) is 3. The summed E-state index contributed by atoms with van der Waals surface area (Å²) < 4.78 is 1.71. The monoisotopic (exact) mass is 360 g/mol. The second-order valence-corrected chi connectivity index (χ2v) is 6.46. The molecule has 0 aliphatic carbocycles. The zero-order valence-corrected chi connectivity index (χ0v) is 14.8. The van der Waals surface area contributed by atoms with Gasteiger partial charge in [0.25, 0.3) is 0 Å². The Labute approximate surface area is 156 Å². The number of aromatic nitrogens is 3. The molecule has 0 radical (unpaired) electrons. The number of phenolic OH excluding ortho intramolecular Hbond substituents is 1. The van der Waals surface area contributed by atoms with E-state index in [0.717, 1.165) is 28.3 Å². The van der Waals surface area contributed by atoms with Crippen LogP contribution in [0.2, 0.25) is 0 Å². The Hall–Kier alpha value is -3.38. The summed E-state index contributed by atoms with van der Waals surface area (Å²) in [5, 5.41) is 27.8. The van der Waals surface area contributed by atoms with Gasteiger partial charge in [0.2, 0.25) is 0 Å². The summed E-state index contributed by atoms with van der Waals surface area (Å²) >= 11 is 0. The van der Waals surface area contributed by atoms with Crippen molar-refractivity contribution in [1.29, 1.82) is 0 Å².